The second-order valence-corrected chi connectivity index (χ2v) is 5.19. The van der Waals surface area contributed by atoms with Crippen molar-refractivity contribution in [1.29, 1.82) is 0 Å². The Hall–Kier alpha value is -1.37. The fourth-order valence-corrected chi connectivity index (χ4v) is 2.30. The van der Waals surface area contributed by atoms with E-state index >= 15 is 0 Å². The number of benzene rings is 1. The van der Waals surface area contributed by atoms with Gasteiger partial charge in [-0.05, 0) is 38.3 Å². The molecule has 0 spiro atoms. The van der Waals surface area contributed by atoms with Gasteiger partial charge in [0.15, 0.2) is 5.11 Å². The van der Waals surface area contributed by atoms with Gasteiger partial charge in [0.2, 0.25) is 0 Å². The van der Waals surface area contributed by atoms with Gasteiger partial charge in [-0.25, -0.2) is 5.01 Å². The molecule has 2 rings (SSSR count). The van der Waals surface area contributed by atoms with Crippen molar-refractivity contribution in [3.05, 3.63) is 24.3 Å². The third-order valence-corrected chi connectivity index (χ3v) is 3.39. The van der Waals surface area contributed by atoms with Crippen LogP contribution in [0.4, 0.5) is 5.69 Å². The van der Waals surface area contributed by atoms with E-state index in [-0.39, 0.29) is 0 Å². The summed E-state index contributed by atoms with van der Waals surface area (Å²) in [6, 6.07) is 7.81. The van der Waals surface area contributed by atoms with Gasteiger partial charge in [-0.2, -0.15) is 0 Å². The number of nitrogens with zero attached hydrogens (tertiary/aromatic N) is 2. The highest BCUT2D eigenvalue weighted by atomic mass is 32.1. The Morgan fingerprint density at radius 1 is 1.25 bits per heavy atom. The molecule has 2 N–H and O–H groups in total. The summed E-state index contributed by atoms with van der Waals surface area (Å²) in [5.41, 5.74) is 4.12. The first kappa shape index (κ1) is 15.0. The molecule has 0 aliphatic carbocycles. The largest absolute Gasteiger partial charge is 0.492 e. The topological polar surface area (TPSA) is 39.8 Å². The van der Waals surface area contributed by atoms with Crippen molar-refractivity contribution in [3.8, 4) is 5.75 Å². The van der Waals surface area contributed by atoms with Crippen LogP contribution < -0.4 is 15.5 Å². The number of hydrogen-bond donors (Lipinski definition) is 2. The third kappa shape index (κ3) is 4.33. The molecule has 1 heterocycles. The summed E-state index contributed by atoms with van der Waals surface area (Å²) >= 11 is 5.36. The van der Waals surface area contributed by atoms with E-state index in [1.54, 1.807) is 0 Å². The Morgan fingerprint density at radius 3 is 2.65 bits per heavy atom. The molecular formula is C14H22N4OS. The molecule has 20 heavy (non-hydrogen) atoms. The number of piperazine rings is 1. The summed E-state index contributed by atoms with van der Waals surface area (Å²) in [7, 11) is 2.13. The van der Waals surface area contributed by atoms with Gasteiger partial charge < -0.3 is 15.0 Å². The van der Waals surface area contributed by atoms with E-state index in [1.807, 2.05) is 31.2 Å². The number of hydrazine groups is 1. The van der Waals surface area contributed by atoms with Crippen LogP contribution in [-0.2, 0) is 0 Å². The number of thiocarbonyl (C=S) groups is 1. The standard InChI is InChI=1S/C14H22N4OS/c1-3-19-13-7-5-4-6-12(13)15-14(20)16-18-10-8-17(2)9-11-18/h4-7H,3,8-11H2,1-2H3,(H2,15,16,20). The molecule has 1 fully saturated rings. The molecule has 0 saturated carbocycles. The number of nitrogens with one attached hydrogen (secondary N) is 2. The number of anilines is 1. The van der Waals surface area contributed by atoms with Crippen molar-refractivity contribution in [3.63, 3.8) is 0 Å². The average molecular weight is 294 g/mol. The zero-order valence-electron chi connectivity index (χ0n) is 12.1. The van der Waals surface area contributed by atoms with Gasteiger partial charge in [-0.15, -0.1) is 0 Å². The number of likely N-dealkylation sites (N-methyl/N-ethyl adjacent to an activating group) is 1. The minimum atomic E-state index is 0.599. The second-order valence-electron chi connectivity index (χ2n) is 4.79. The Morgan fingerprint density at radius 2 is 1.95 bits per heavy atom. The highest BCUT2D eigenvalue weighted by Crippen LogP contribution is 2.23. The number of ether oxygens (including phenoxy) is 1. The quantitative estimate of drug-likeness (QED) is 0.821. The summed E-state index contributed by atoms with van der Waals surface area (Å²) in [4.78, 5) is 2.30. The molecule has 0 unspecified atom stereocenters. The SMILES string of the molecule is CCOc1ccccc1NC(=S)NN1CCN(C)CC1. The zero-order chi connectivity index (χ0) is 14.4. The van der Waals surface area contributed by atoms with Crippen LogP contribution in [0.15, 0.2) is 24.3 Å². The molecule has 0 atom stereocenters. The van der Waals surface area contributed by atoms with Gasteiger partial charge in [0.05, 0.1) is 12.3 Å². The summed E-state index contributed by atoms with van der Waals surface area (Å²) in [6.45, 7) is 6.63. The predicted molar refractivity (Wildman–Crippen MR) is 86.0 cm³/mol. The van der Waals surface area contributed by atoms with Crippen LogP contribution in [0.2, 0.25) is 0 Å². The molecule has 0 aromatic heterocycles. The smallest absolute Gasteiger partial charge is 0.185 e. The van der Waals surface area contributed by atoms with Crippen LogP contribution in [-0.4, -0.2) is 54.9 Å². The minimum Gasteiger partial charge on any atom is -0.492 e. The molecule has 5 nitrogen and oxygen atoms in total. The van der Waals surface area contributed by atoms with Gasteiger partial charge >= 0.3 is 0 Å². The van der Waals surface area contributed by atoms with E-state index in [0.29, 0.717) is 11.7 Å². The van der Waals surface area contributed by atoms with Gasteiger partial charge in [-0.1, -0.05) is 12.1 Å². The number of rotatable bonds is 4. The van der Waals surface area contributed by atoms with Crippen molar-refractivity contribution in [2.75, 3.05) is 45.2 Å². The van der Waals surface area contributed by atoms with Crippen LogP contribution in [0.3, 0.4) is 0 Å². The minimum absolute atomic E-state index is 0.599. The van der Waals surface area contributed by atoms with Gasteiger partial charge in [0.25, 0.3) is 0 Å². The van der Waals surface area contributed by atoms with Crippen LogP contribution in [0.5, 0.6) is 5.75 Å². The summed E-state index contributed by atoms with van der Waals surface area (Å²) in [6.07, 6.45) is 0. The highest BCUT2D eigenvalue weighted by Gasteiger charge is 2.14. The van der Waals surface area contributed by atoms with E-state index in [1.165, 1.54) is 0 Å². The lowest BCUT2D eigenvalue weighted by atomic mass is 10.3. The van der Waals surface area contributed by atoms with Gasteiger partial charge in [-0.3, -0.25) is 5.43 Å². The molecular weight excluding hydrogens is 272 g/mol. The molecule has 1 aromatic rings. The van der Waals surface area contributed by atoms with Crippen molar-refractivity contribution < 1.29 is 4.74 Å². The van der Waals surface area contributed by atoms with Gasteiger partial charge in [0.1, 0.15) is 5.75 Å². The fraction of sp³-hybridized carbons (Fsp3) is 0.500. The van der Waals surface area contributed by atoms with Crippen LogP contribution >= 0.6 is 12.2 Å². The zero-order valence-corrected chi connectivity index (χ0v) is 12.9. The van der Waals surface area contributed by atoms with Crippen molar-refractivity contribution in [1.82, 2.24) is 15.3 Å². The summed E-state index contributed by atoms with van der Waals surface area (Å²) < 4.78 is 5.57. The van der Waals surface area contributed by atoms with E-state index in [4.69, 9.17) is 17.0 Å². The number of para-hydroxylation sites is 2. The molecule has 6 heteroatoms. The van der Waals surface area contributed by atoms with E-state index in [2.05, 4.69) is 27.7 Å². The second kappa shape index (κ2) is 7.42. The Labute approximate surface area is 125 Å². The average Bonchev–Trinajstić information content (AvgIpc) is 2.44. The molecule has 1 aromatic carbocycles. The first-order chi connectivity index (χ1) is 9.69. The molecule has 1 aliphatic rings. The van der Waals surface area contributed by atoms with Crippen LogP contribution in [0.1, 0.15) is 6.92 Å². The molecule has 0 amide bonds. The van der Waals surface area contributed by atoms with Crippen molar-refractivity contribution in [2.45, 2.75) is 6.92 Å². The maximum Gasteiger partial charge on any atom is 0.185 e. The van der Waals surface area contributed by atoms with E-state index in [0.717, 1.165) is 37.6 Å². The van der Waals surface area contributed by atoms with Crippen LogP contribution in [0, 0.1) is 0 Å². The maximum absolute atomic E-state index is 5.57. The Bertz CT molecular complexity index is 447. The molecule has 1 saturated heterocycles. The molecule has 110 valence electrons. The molecule has 0 radical (unpaired) electrons. The monoisotopic (exact) mass is 294 g/mol. The first-order valence-electron chi connectivity index (χ1n) is 6.92. The van der Waals surface area contributed by atoms with Crippen molar-refractivity contribution in [2.24, 2.45) is 0 Å². The fourth-order valence-electron chi connectivity index (χ4n) is 2.06. The predicted octanol–water partition coefficient (Wildman–Crippen LogP) is 1.53. The Balaban J connectivity index is 1.88. The molecule has 0 bridgehead atoms. The van der Waals surface area contributed by atoms with Gasteiger partial charge in [0, 0.05) is 26.2 Å². The first-order valence-corrected chi connectivity index (χ1v) is 7.33. The highest BCUT2D eigenvalue weighted by molar-refractivity contribution is 7.80. The third-order valence-electron chi connectivity index (χ3n) is 3.20. The lowest BCUT2D eigenvalue weighted by Crippen LogP contribution is -2.53. The summed E-state index contributed by atoms with van der Waals surface area (Å²) in [5, 5.41) is 5.93. The normalized spacial score (nSPS) is 16.7. The Kier molecular flexibility index (Phi) is 5.58. The lowest BCUT2D eigenvalue weighted by molar-refractivity contribution is 0.131. The van der Waals surface area contributed by atoms with E-state index < -0.39 is 0 Å². The lowest BCUT2D eigenvalue weighted by Gasteiger charge is -2.33. The number of hydrogen-bond acceptors (Lipinski definition) is 4. The summed E-state index contributed by atoms with van der Waals surface area (Å²) in [5.74, 6) is 0.817. The van der Waals surface area contributed by atoms with Crippen LogP contribution in [0.25, 0.3) is 0 Å². The maximum atomic E-state index is 5.57. The van der Waals surface area contributed by atoms with E-state index in [9.17, 15) is 0 Å². The molecule has 1 aliphatic heterocycles. The van der Waals surface area contributed by atoms with Crippen molar-refractivity contribution >= 4 is 23.0 Å².